The Labute approximate surface area is 203 Å². The van der Waals surface area contributed by atoms with Crippen LogP contribution in [0.3, 0.4) is 0 Å². The molecular weight excluding hydrogens is 481 g/mol. The molecule has 0 saturated carbocycles. The molecule has 3 aromatic rings. The summed E-state index contributed by atoms with van der Waals surface area (Å²) in [6.07, 6.45) is -2.36. The van der Waals surface area contributed by atoms with Crippen molar-refractivity contribution in [2.24, 2.45) is 0 Å². The Bertz CT molecular complexity index is 1270. The van der Waals surface area contributed by atoms with E-state index >= 15 is 0 Å². The second-order valence-electron chi connectivity index (χ2n) is 8.50. The molecule has 184 valence electrons. The zero-order valence-corrected chi connectivity index (χ0v) is 19.6. The number of hydrogen-bond acceptors (Lipinski definition) is 6. The number of benzene rings is 1. The van der Waals surface area contributed by atoms with Crippen molar-refractivity contribution in [3.63, 3.8) is 0 Å². The van der Waals surface area contributed by atoms with Crippen molar-refractivity contribution in [2.45, 2.75) is 50.9 Å². The van der Waals surface area contributed by atoms with E-state index in [1.165, 1.54) is 17.4 Å². The molecule has 5 rings (SSSR count). The third kappa shape index (κ3) is 4.40. The predicted octanol–water partition coefficient (Wildman–Crippen LogP) is 5.52. The summed E-state index contributed by atoms with van der Waals surface area (Å²) in [7, 11) is 0. The molecule has 2 aliphatic rings. The van der Waals surface area contributed by atoms with Crippen molar-refractivity contribution in [3.8, 4) is 0 Å². The van der Waals surface area contributed by atoms with Crippen molar-refractivity contribution in [3.05, 3.63) is 63.7 Å². The Morgan fingerprint density at radius 1 is 1.26 bits per heavy atom. The lowest BCUT2D eigenvalue weighted by atomic mass is 9.97. The molecule has 0 spiro atoms. The summed E-state index contributed by atoms with van der Waals surface area (Å²) in [5.41, 5.74) is 1.75. The molecule has 0 unspecified atom stereocenters. The zero-order chi connectivity index (χ0) is 24.7. The third-order valence-corrected chi connectivity index (χ3v) is 7.46. The van der Waals surface area contributed by atoms with Crippen LogP contribution in [0.4, 0.5) is 24.0 Å². The number of carbonyl (C=O) groups excluding carboxylic acids is 2. The second-order valence-corrected chi connectivity index (χ2v) is 9.60. The number of nitrogens with zero attached hydrogens (tertiary/aromatic N) is 2. The number of rotatable bonds is 5. The number of aryl methyl sites for hydroxylation is 1. The van der Waals surface area contributed by atoms with E-state index in [1.54, 1.807) is 37.3 Å². The quantitative estimate of drug-likeness (QED) is 0.447. The lowest BCUT2D eigenvalue weighted by molar-refractivity contribution is -0.173. The van der Waals surface area contributed by atoms with Crippen LogP contribution in [0.2, 0.25) is 0 Å². The van der Waals surface area contributed by atoms with Crippen LogP contribution < -0.4 is 10.6 Å². The first-order valence-electron chi connectivity index (χ1n) is 11.4. The smallest absolute Gasteiger partial charge is 0.410 e. The average molecular weight is 505 g/mol. The summed E-state index contributed by atoms with van der Waals surface area (Å²) in [5.74, 6) is -1.09. The molecule has 1 aliphatic carbocycles. The molecule has 7 nitrogen and oxygen atoms in total. The lowest BCUT2D eigenvalue weighted by Crippen LogP contribution is -2.35. The molecule has 0 radical (unpaired) electrons. The van der Waals surface area contributed by atoms with Crippen LogP contribution in [0.25, 0.3) is 0 Å². The first kappa shape index (κ1) is 23.4. The Hall–Kier alpha value is -3.34. The molecule has 1 amide bonds. The predicted molar refractivity (Wildman–Crippen MR) is 125 cm³/mol. The summed E-state index contributed by atoms with van der Waals surface area (Å²) in [5, 5.41) is 10.1. The molecule has 3 heterocycles. The van der Waals surface area contributed by atoms with E-state index in [0.29, 0.717) is 22.5 Å². The van der Waals surface area contributed by atoms with Gasteiger partial charge in [-0.1, -0.05) is 30.3 Å². The second kappa shape index (κ2) is 9.03. The van der Waals surface area contributed by atoms with Gasteiger partial charge in [-0.2, -0.15) is 18.3 Å². The van der Waals surface area contributed by atoms with Crippen LogP contribution in [-0.4, -0.2) is 34.4 Å². The van der Waals surface area contributed by atoms with Crippen molar-refractivity contribution < 1.29 is 27.5 Å². The Morgan fingerprint density at radius 3 is 2.74 bits per heavy atom. The van der Waals surface area contributed by atoms with Gasteiger partial charge >= 0.3 is 12.1 Å². The molecular formula is C24H23F3N4O3S. The van der Waals surface area contributed by atoms with Crippen LogP contribution in [-0.2, 0) is 17.6 Å². The van der Waals surface area contributed by atoms with Gasteiger partial charge in [-0.3, -0.25) is 4.79 Å². The highest BCUT2D eigenvalue weighted by atomic mass is 32.1. The van der Waals surface area contributed by atoms with E-state index in [0.717, 1.165) is 28.0 Å². The van der Waals surface area contributed by atoms with Gasteiger partial charge in [0.1, 0.15) is 10.8 Å². The van der Waals surface area contributed by atoms with Crippen molar-refractivity contribution >= 4 is 34.0 Å². The molecule has 0 saturated heterocycles. The van der Waals surface area contributed by atoms with E-state index in [1.807, 2.05) is 0 Å². The van der Waals surface area contributed by atoms with Crippen molar-refractivity contribution in [1.82, 2.24) is 9.78 Å². The maximum atomic E-state index is 13.9. The van der Waals surface area contributed by atoms with E-state index in [-0.39, 0.29) is 24.5 Å². The average Bonchev–Trinajstić information content (AvgIpc) is 3.52. The molecule has 2 atom stereocenters. The Morgan fingerprint density at radius 2 is 2.03 bits per heavy atom. The number of hydrogen-bond donors (Lipinski definition) is 2. The summed E-state index contributed by atoms with van der Waals surface area (Å²) < 4.78 is 47.8. The lowest BCUT2D eigenvalue weighted by Gasteiger charge is -2.33. The van der Waals surface area contributed by atoms with E-state index in [2.05, 4.69) is 15.7 Å². The van der Waals surface area contributed by atoms with Gasteiger partial charge in [-0.15, -0.1) is 11.3 Å². The molecule has 2 aromatic heterocycles. The molecule has 0 fully saturated rings. The number of fused-ring (bicyclic) bond motifs is 2. The molecule has 1 aliphatic heterocycles. The highest BCUT2D eigenvalue weighted by molar-refractivity contribution is 7.17. The fraction of sp³-hybridized carbons (Fsp3) is 0.375. The van der Waals surface area contributed by atoms with Gasteiger partial charge in [0, 0.05) is 17.4 Å². The first-order valence-corrected chi connectivity index (χ1v) is 12.2. The SMILES string of the molecule is CCOC(=O)c1c(NC(=O)c2cc3n(n2)[C@@H](C(F)(F)F)C[C@H](c2ccccc2)N3)sc2c1CCC2. The summed E-state index contributed by atoms with van der Waals surface area (Å²) in [6, 6.07) is 7.70. The number of thiophene rings is 1. The fourth-order valence-electron chi connectivity index (χ4n) is 4.67. The van der Waals surface area contributed by atoms with E-state index < -0.39 is 30.1 Å². The fourth-order valence-corrected chi connectivity index (χ4v) is 5.94. The van der Waals surface area contributed by atoms with Crippen molar-refractivity contribution in [1.29, 1.82) is 0 Å². The number of anilines is 2. The van der Waals surface area contributed by atoms with Crippen LogP contribution in [0, 0.1) is 0 Å². The minimum atomic E-state index is -4.55. The minimum Gasteiger partial charge on any atom is -0.462 e. The Kier molecular flexibility index (Phi) is 6.04. The van der Waals surface area contributed by atoms with E-state index in [4.69, 9.17) is 4.74 Å². The summed E-state index contributed by atoms with van der Waals surface area (Å²) >= 11 is 1.30. The number of aromatic nitrogens is 2. The number of nitrogens with one attached hydrogen (secondary N) is 2. The van der Waals surface area contributed by atoms with Crippen LogP contribution in [0.1, 0.15) is 68.7 Å². The normalized spacial score (nSPS) is 19.0. The summed E-state index contributed by atoms with van der Waals surface area (Å²) in [4.78, 5) is 26.6. The maximum Gasteiger partial charge on any atom is 0.410 e. The number of esters is 1. The van der Waals surface area contributed by atoms with Gasteiger partial charge in [0.2, 0.25) is 0 Å². The highest BCUT2D eigenvalue weighted by Crippen LogP contribution is 2.44. The van der Waals surface area contributed by atoms with Gasteiger partial charge in [-0.05, 0) is 37.3 Å². The number of ether oxygens (including phenoxy) is 1. The molecule has 2 N–H and O–H groups in total. The first-order chi connectivity index (χ1) is 16.8. The summed E-state index contributed by atoms with van der Waals surface area (Å²) in [6.45, 7) is 1.89. The van der Waals surface area contributed by atoms with Gasteiger partial charge in [0.05, 0.1) is 18.2 Å². The monoisotopic (exact) mass is 504 g/mol. The number of alkyl halides is 3. The highest BCUT2D eigenvalue weighted by Gasteiger charge is 2.47. The molecule has 35 heavy (non-hydrogen) atoms. The number of carbonyl (C=O) groups is 2. The third-order valence-electron chi connectivity index (χ3n) is 6.25. The number of halogens is 3. The van der Waals surface area contributed by atoms with Crippen LogP contribution >= 0.6 is 11.3 Å². The topological polar surface area (TPSA) is 85.2 Å². The molecule has 0 bridgehead atoms. The minimum absolute atomic E-state index is 0.108. The van der Waals surface area contributed by atoms with Gasteiger partial charge in [0.25, 0.3) is 5.91 Å². The van der Waals surface area contributed by atoms with Gasteiger partial charge in [-0.25, -0.2) is 9.48 Å². The molecule has 11 heteroatoms. The maximum absolute atomic E-state index is 13.9. The largest absolute Gasteiger partial charge is 0.462 e. The standard InChI is InChI=1S/C24H23F3N4O3S/c1-2-34-23(33)20-14-9-6-10-17(14)35-22(20)29-21(32)16-12-19-28-15(13-7-4-3-5-8-13)11-18(24(25,26)27)31(19)30-16/h3-5,7-8,12,15,18,28H,2,6,9-11H2,1H3,(H,29,32)/t15-,18-/m1/s1. The van der Waals surface area contributed by atoms with E-state index in [9.17, 15) is 22.8 Å². The number of amides is 1. The van der Waals surface area contributed by atoms with Gasteiger partial charge in [0.15, 0.2) is 11.7 Å². The van der Waals surface area contributed by atoms with Gasteiger partial charge < -0.3 is 15.4 Å². The Balaban J connectivity index is 1.45. The van der Waals surface area contributed by atoms with Crippen LogP contribution in [0.15, 0.2) is 36.4 Å². The van der Waals surface area contributed by atoms with Crippen molar-refractivity contribution in [2.75, 3.05) is 17.2 Å². The zero-order valence-electron chi connectivity index (χ0n) is 18.8. The van der Waals surface area contributed by atoms with Crippen LogP contribution in [0.5, 0.6) is 0 Å². The molecule has 1 aromatic carbocycles.